The van der Waals surface area contributed by atoms with Gasteiger partial charge in [-0.2, -0.15) is 0 Å². The van der Waals surface area contributed by atoms with E-state index in [1.54, 1.807) is 30.3 Å². The monoisotopic (exact) mass is 427 g/mol. The quantitative estimate of drug-likeness (QED) is 0.293. The Morgan fingerprint density at radius 3 is 1.82 bits per heavy atom. The summed E-state index contributed by atoms with van der Waals surface area (Å²) < 4.78 is 0. The van der Waals surface area contributed by atoms with Gasteiger partial charge >= 0.3 is 0 Å². The van der Waals surface area contributed by atoms with Crippen molar-refractivity contribution >= 4 is 33.2 Å². The third-order valence-corrected chi connectivity index (χ3v) is 6.64. The van der Waals surface area contributed by atoms with Crippen molar-refractivity contribution in [3.63, 3.8) is 0 Å². The number of aromatic nitrogens is 1. The number of carbonyl (C=O) groups excluding carboxylic acids is 2. The summed E-state index contributed by atoms with van der Waals surface area (Å²) in [5.41, 5.74) is 5.39. The zero-order valence-electron chi connectivity index (χ0n) is 18.0. The molecule has 0 aliphatic heterocycles. The first-order valence-electron chi connectivity index (χ1n) is 11.2. The van der Waals surface area contributed by atoms with Crippen LogP contribution in [0.4, 0.5) is 0 Å². The molecular formula is C30H21NO2. The van der Waals surface area contributed by atoms with Crippen LogP contribution in [0.1, 0.15) is 43.5 Å². The third-order valence-electron chi connectivity index (χ3n) is 6.64. The van der Waals surface area contributed by atoms with Gasteiger partial charge in [-0.05, 0) is 46.9 Å². The molecule has 158 valence electrons. The lowest BCUT2D eigenvalue weighted by molar-refractivity contribution is 0.0888. The van der Waals surface area contributed by atoms with Gasteiger partial charge in [0.2, 0.25) is 0 Å². The maximum Gasteiger partial charge on any atom is 0.180 e. The van der Waals surface area contributed by atoms with Crippen molar-refractivity contribution in [1.82, 2.24) is 4.98 Å². The van der Waals surface area contributed by atoms with Crippen LogP contribution in [0.3, 0.4) is 0 Å². The molecule has 1 aromatic heterocycles. The SMILES string of the molecule is O=C1c2ccccc2C(=O)C1c1ccc2ccccc2n1.c1cc2c3c(cccc3c1)CC2. The van der Waals surface area contributed by atoms with E-state index in [1.165, 1.54) is 34.7 Å². The highest BCUT2D eigenvalue weighted by Crippen LogP contribution is 2.33. The molecule has 3 heteroatoms. The first-order chi connectivity index (χ1) is 16.2. The van der Waals surface area contributed by atoms with Gasteiger partial charge in [-0.25, -0.2) is 0 Å². The van der Waals surface area contributed by atoms with Crippen LogP contribution in [0, 0.1) is 0 Å². The fourth-order valence-electron chi connectivity index (χ4n) is 5.04. The second-order valence-corrected chi connectivity index (χ2v) is 8.57. The van der Waals surface area contributed by atoms with Gasteiger partial charge in [0.1, 0.15) is 5.92 Å². The number of pyridine rings is 1. The van der Waals surface area contributed by atoms with E-state index in [-0.39, 0.29) is 11.6 Å². The second-order valence-electron chi connectivity index (χ2n) is 8.57. The van der Waals surface area contributed by atoms with Crippen molar-refractivity contribution in [2.45, 2.75) is 18.8 Å². The summed E-state index contributed by atoms with van der Waals surface area (Å²) in [5, 5.41) is 3.92. The molecule has 33 heavy (non-hydrogen) atoms. The average Bonchev–Trinajstić information content (AvgIpc) is 3.40. The lowest BCUT2D eigenvalue weighted by atomic mass is 9.98. The summed E-state index contributed by atoms with van der Waals surface area (Å²) >= 11 is 0. The number of para-hydroxylation sites is 1. The van der Waals surface area contributed by atoms with Gasteiger partial charge in [0.25, 0.3) is 0 Å². The highest BCUT2D eigenvalue weighted by atomic mass is 16.2. The molecule has 0 amide bonds. The highest BCUT2D eigenvalue weighted by molar-refractivity contribution is 6.29. The Morgan fingerprint density at radius 1 is 0.576 bits per heavy atom. The summed E-state index contributed by atoms with van der Waals surface area (Å²) in [4.78, 5) is 29.5. The molecule has 0 N–H and O–H groups in total. The standard InChI is InChI=1S/C18H11NO2.C12H10/c20-17-12-6-2-3-7-13(12)18(21)16(17)15-10-9-11-5-1-4-8-14(11)19-15;1-3-9-4-2-6-11-8-7-10(5-1)12(9)11/h1-10,16H;1-6H,7-8H2. The summed E-state index contributed by atoms with van der Waals surface area (Å²) in [7, 11) is 0. The van der Waals surface area contributed by atoms with Gasteiger partial charge in [-0.15, -0.1) is 0 Å². The summed E-state index contributed by atoms with van der Waals surface area (Å²) in [6.45, 7) is 0. The molecule has 5 aromatic rings. The van der Waals surface area contributed by atoms with E-state index in [9.17, 15) is 9.59 Å². The Bertz CT molecular complexity index is 1490. The molecule has 0 bridgehead atoms. The normalized spacial score (nSPS) is 14.4. The van der Waals surface area contributed by atoms with Crippen LogP contribution in [0.5, 0.6) is 0 Å². The first-order valence-corrected chi connectivity index (χ1v) is 11.2. The largest absolute Gasteiger partial charge is 0.293 e. The lowest BCUT2D eigenvalue weighted by Gasteiger charge is -2.07. The summed E-state index contributed by atoms with van der Waals surface area (Å²) in [6, 6.07) is 31.5. The smallest absolute Gasteiger partial charge is 0.180 e. The number of hydrogen-bond acceptors (Lipinski definition) is 3. The third kappa shape index (κ3) is 3.25. The minimum Gasteiger partial charge on any atom is -0.293 e. The zero-order valence-corrected chi connectivity index (χ0v) is 18.0. The molecule has 7 rings (SSSR count). The maximum absolute atomic E-state index is 12.5. The van der Waals surface area contributed by atoms with Gasteiger partial charge in [0.15, 0.2) is 11.6 Å². The zero-order chi connectivity index (χ0) is 22.4. The number of Topliss-reactive ketones (excluding diaryl/α,β-unsaturated/α-hetero) is 2. The number of carbonyl (C=O) groups is 2. The molecule has 1 heterocycles. The number of fused-ring (bicyclic) bond motifs is 2. The maximum atomic E-state index is 12.5. The van der Waals surface area contributed by atoms with E-state index in [1.807, 2.05) is 30.3 Å². The Hall–Kier alpha value is -4.11. The van der Waals surface area contributed by atoms with Crippen LogP contribution < -0.4 is 0 Å². The number of benzene rings is 4. The average molecular weight is 428 g/mol. The van der Waals surface area contributed by atoms with E-state index in [2.05, 4.69) is 41.4 Å². The molecule has 0 saturated carbocycles. The number of aryl methyl sites for hydroxylation is 2. The molecule has 4 aromatic carbocycles. The molecule has 2 aliphatic rings. The van der Waals surface area contributed by atoms with Crippen molar-refractivity contribution in [2.24, 2.45) is 0 Å². The number of rotatable bonds is 1. The molecule has 0 unspecified atom stereocenters. The molecule has 0 spiro atoms. The van der Waals surface area contributed by atoms with E-state index in [0.29, 0.717) is 16.8 Å². The van der Waals surface area contributed by atoms with Gasteiger partial charge in [-0.3, -0.25) is 14.6 Å². The number of nitrogens with zero attached hydrogens (tertiary/aromatic N) is 1. The minimum absolute atomic E-state index is 0.154. The van der Waals surface area contributed by atoms with Crippen LogP contribution >= 0.6 is 0 Å². The Balaban J connectivity index is 0.000000145. The molecule has 0 radical (unpaired) electrons. The van der Waals surface area contributed by atoms with E-state index >= 15 is 0 Å². The van der Waals surface area contributed by atoms with E-state index in [0.717, 1.165) is 10.9 Å². The van der Waals surface area contributed by atoms with Crippen LogP contribution in [0.25, 0.3) is 21.7 Å². The molecular weight excluding hydrogens is 406 g/mol. The van der Waals surface area contributed by atoms with Crippen molar-refractivity contribution in [2.75, 3.05) is 0 Å². The summed E-state index contributed by atoms with van der Waals surface area (Å²) in [5.74, 6) is -1.11. The Kier molecular flexibility index (Phi) is 4.62. The molecule has 2 aliphatic carbocycles. The molecule has 0 saturated heterocycles. The number of ketones is 2. The summed E-state index contributed by atoms with van der Waals surface area (Å²) in [6.07, 6.45) is 2.47. The highest BCUT2D eigenvalue weighted by Gasteiger charge is 2.40. The fraction of sp³-hybridized carbons (Fsp3) is 0.100. The van der Waals surface area contributed by atoms with E-state index < -0.39 is 5.92 Å². The van der Waals surface area contributed by atoms with Crippen molar-refractivity contribution in [3.8, 4) is 0 Å². The second kappa shape index (κ2) is 7.79. The molecule has 0 fully saturated rings. The molecule has 0 atom stereocenters. The predicted octanol–water partition coefficient (Wildman–Crippen LogP) is 6.34. The Labute approximate surface area is 191 Å². The lowest BCUT2D eigenvalue weighted by Crippen LogP contribution is -2.14. The van der Waals surface area contributed by atoms with Crippen LogP contribution in [0.2, 0.25) is 0 Å². The van der Waals surface area contributed by atoms with Crippen molar-refractivity contribution < 1.29 is 9.59 Å². The Morgan fingerprint density at radius 2 is 1.15 bits per heavy atom. The van der Waals surface area contributed by atoms with Crippen LogP contribution in [-0.4, -0.2) is 16.6 Å². The predicted molar refractivity (Wildman–Crippen MR) is 131 cm³/mol. The van der Waals surface area contributed by atoms with Gasteiger partial charge < -0.3 is 0 Å². The van der Waals surface area contributed by atoms with Crippen molar-refractivity contribution in [3.05, 3.63) is 125 Å². The van der Waals surface area contributed by atoms with E-state index in [4.69, 9.17) is 0 Å². The van der Waals surface area contributed by atoms with Gasteiger partial charge in [0, 0.05) is 16.5 Å². The van der Waals surface area contributed by atoms with Crippen LogP contribution in [-0.2, 0) is 12.8 Å². The minimum atomic E-state index is -0.799. The molecule has 3 nitrogen and oxygen atoms in total. The van der Waals surface area contributed by atoms with Gasteiger partial charge in [-0.1, -0.05) is 84.9 Å². The topological polar surface area (TPSA) is 47.0 Å². The van der Waals surface area contributed by atoms with Crippen molar-refractivity contribution in [1.29, 1.82) is 0 Å². The van der Waals surface area contributed by atoms with Crippen LogP contribution in [0.15, 0.2) is 97.1 Å². The van der Waals surface area contributed by atoms with Gasteiger partial charge in [0.05, 0.1) is 11.2 Å². The fourth-order valence-corrected chi connectivity index (χ4v) is 5.04. The number of hydrogen-bond donors (Lipinski definition) is 0. The first kappa shape index (κ1) is 19.6.